The zero-order chi connectivity index (χ0) is 9.80. The Balaban J connectivity index is 1.45. The number of rotatable bonds is 5. The van der Waals surface area contributed by atoms with Crippen LogP contribution in [0.3, 0.4) is 0 Å². The monoisotopic (exact) mass is 196 g/mol. The van der Waals surface area contributed by atoms with E-state index in [0.717, 1.165) is 17.9 Å². The van der Waals surface area contributed by atoms with Crippen molar-refractivity contribution in [3.63, 3.8) is 0 Å². The van der Waals surface area contributed by atoms with Gasteiger partial charge in [-0.25, -0.2) is 0 Å². The van der Waals surface area contributed by atoms with E-state index in [1.807, 2.05) is 0 Å². The van der Waals surface area contributed by atoms with Crippen LogP contribution in [0.25, 0.3) is 0 Å². The summed E-state index contributed by atoms with van der Waals surface area (Å²) in [7, 11) is 0. The lowest BCUT2D eigenvalue weighted by molar-refractivity contribution is 0.344. The Labute approximate surface area is 87.8 Å². The Hall–Kier alpha value is -0.0800. The van der Waals surface area contributed by atoms with Crippen LogP contribution in [0.4, 0.5) is 0 Å². The van der Waals surface area contributed by atoms with E-state index in [0.29, 0.717) is 0 Å². The highest BCUT2D eigenvalue weighted by Crippen LogP contribution is 2.29. The van der Waals surface area contributed by atoms with Gasteiger partial charge in [-0.1, -0.05) is 6.92 Å². The molecule has 1 aliphatic heterocycles. The van der Waals surface area contributed by atoms with E-state index in [1.165, 1.54) is 51.7 Å². The van der Waals surface area contributed by atoms with E-state index in [2.05, 4.69) is 17.6 Å². The summed E-state index contributed by atoms with van der Waals surface area (Å²) in [5, 5.41) is 7.05. The quantitative estimate of drug-likeness (QED) is 0.655. The molecule has 82 valence electrons. The highest BCUT2D eigenvalue weighted by Gasteiger charge is 2.31. The summed E-state index contributed by atoms with van der Waals surface area (Å²) in [4.78, 5) is 0. The Bertz CT molecular complexity index is 164. The van der Waals surface area contributed by atoms with Crippen molar-refractivity contribution in [1.29, 1.82) is 0 Å². The van der Waals surface area contributed by atoms with E-state index >= 15 is 0 Å². The zero-order valence-corrected chi connectivity index (χ0v) is 9.39. The van der Waals surface area contributed by atoms with Gasteiger partial charge >= 0.3 is 0 Å². The summed E-state index contributed by atoms with van der Waals surface area (Å²) in [6, 6.07) is 0.864. The minimum absolute atomic E-state index is 0.864. The molecule has 2 atom stereocenters. The highest BCUT2D eigenvalue weighted by molar-refractivity contribution is 4.89. The third-order valence-electron chi connectivity index (χ3n) is 3.76. The molecule has 2 heteroatoms. The lowest BCUT2D eigenvalue weighted by atomic mass is 9.93. The number of nitrogens with one attached hydrogen (secondary N) is 2. The molecule has 2 rings (SSSR count). The molecule has 0 amide bonds. The molecule has 1 saturated heterocycles. The average molecular weight is 196 g/mol. The molecular formula is C12H24N2. The number of hydrogen-bond acceptors (Lipinski definition) is 2. The van der Waals surface area contributed by atoms with Crippen LogP contribution in [-0.2, 0) is 0 Å². The van der Waals surface area contributed by atoms with Gasteiger partial charge in [-0.15, -0.1) is 0 Å². The summed E-state index contributed by atoms with van der Waals surface area (Å²) in [6.07, 6.45) is 7.04. The van der Waals surface area contributed by atoms with Gasteiger partial charge in [0.1, 0.15) is 0 Å². The first-order valence-electron chi connectivity index (χ1n) is 6.30. The summed E-state index contributed by atoms with van der Waals surface area (Å²) < 4.78 is 0. The third kappa shape index (κ3) is 3.25. The van der Waals surface area contributed by atoms with Crippen LogP contribution in [0.5, 0.6) is 0 Å². The topological polar surface area (TPSA) is 24.1 Å². The smallest absolute Gasteiger partial charge is 0.00963 e. The number of hydrogen-bond donors (Lipinski definition) is 2. The van der Waals surface area contributed by atoms with Crippen LogP contribution in [0.15, 0.2) is 0 Å². The maximum atomic E-state index is 3.63. The molecule has 0 spiro atoms. The summed E-state index contributed by atoms with van der Waals surface area (Å²) in [5.41, 5.74) is 0. The molecule has 2 aliphatic rings. The second-order valence-corrected chi connectivity index (χ2v) is 5.11. The molecule has 2 N–H and O–H groups in total. The van der Waals surface area contributed by atoms with Crippen LogP contribution in [-0.4, -0.2) is 25.7 Å². The SMILES string of the molecule is CC1CC1NCCCC1CCNCC1. The molecule has 0 radical (unpaired) electrons. The first-order valence-corrected chi connectivity index (χ1v) is 6.30. The van der Waals surface area contributed by atoms with E-state index < -0.39 is 0 Å². The average Bonchev–Trinajstić information content (AvgIpc) is 2.91. The van der Waals surface area contributed by atoms with Crippen molar-refractivity contribution in [2.45, 2.75) is 45.1 Å². The van der Waals surface area contributed by atoms with Crippen molar-refractivity contribution in [2.75, 3.05) is 19.6 Å². The normalized spacial score (nSPS) is 33.2. The van der Waals surface area contributed by atoms with Crippen molar-refractivity contribution in [3.8, 4) is 0 Å². The van der Waals surface area contributed by atoms with E-state index in [4.69, 9.17) is 0 Å². The Morgan fingerprint density at radius 1 is 1.29 bits per heavy atom. The van der Waals surface area contributed by atoms with E-state index in [1.54, 1.807) is 0 Å². The molecule has 14 heavy (non-hydrogen) atoms. The zero-order valence-electron chi connectivity index (χ0n) is 9.39. The molecule has 1 aliphatic carbocycles. The van der Waals surface area contributed by atoms with Gasteiger partial charge in [-0.05, 0) is 63.6 Å². The van der Waals surface area contributed by atoms with Gasteiger partial charge in [0.05, 0.1) is 0 Å². The van der Waals surface area contributed by atoms with Crippen molar-refractivity contribution in [1.82, 2.24) is 10.6 Å². The maximum Gasteiger partial charge on any atom is 0.00963 e. The molecular weight excluding hydrogens is 172 g/mol. The second kappa shape index (κ2) is 5.13. The summed E-state index contributed by atoms with van der Waals surface area (Å²) in [5.74, 6) is 1.96. The highest BCUT2D eigenvalue weighted by atomic mass is 15.0. The van der Waals surface area contributed by atoms with Gasteiger partial charge in [0.25, 0.3) is 0 Å². The van der Waals surface area contributed by atoms with Gasteiger partial charge < -0.3 is 10.6 Å². The fraction of sp³-hybridized carbons (Fsp3) is 1.00. The third-order valence-corrected chi connectivity index (χ3v) is 3.76. The van der Waals surface area contributed by atoms with Crippen LogP contribution >= 0.6 is 0 Å². The maximum absolute atomic E-state index is 3.63. The van der Waals surface area contributed by atoms with Crippen molar-refractivity contribution >= 4 is 0 Å². The van der Waals surface area contributed by atoms with Crippen molar-refractivity contribution in [3.05, 3.63) is 0 Å². The van der Waals surface area contributed by atoms with Crippen molar-refractivity contribution in [2.24, 2.45) is 11.8 Å². The van der Waals surface area contributed by atoms with Gasteiger partial charge in [0.2, 0.25) is 0 Å². The molecule has 2 fully saturated rings. The molecule has 0 bridgehead atoms. The Morgan fingerprint density at radius 2 is 2.00 bits per heavy atom. The predicted molar refractivity (Wildman–Crippen MR) is 60.4 cm³/mol. The van der Waals surface area contributed by atoms with Crippen LogP contribution in [0.1, 0.15) is 39.0 Å². The molecule has 2 unspecified atom stereocenters. The first kappa shape index (κ1) is 10.4. The minimum Gasteiger partial charge on any atom is -0.317 e. The number of piperidine rings is 1. The van der Waals surface area contributed by atoms with Crippen LogP contribution in [0, 0.1) is 11.8 Å². The fourth-order valence-electron chi connectivity index (χ4n) is 2.46. The van der Waals surface area contributed by atoms with Gasteiger partial charge in [-0.2, -0.15) is 0 Å². The van der Waals surface area contributed by atoms with E-state index in [-0.39, 0.29) is 0 Å². The second-order valence-electron chi connectivity index (χ2n) is 5.11. The van der Waals surface area contributed by atoms with Crippen molar-refractivity contribution < 1.29 is 0 Å². The van der Waals surface area contributed by atoms with Crippen LogP contribution < -0.4 is 10.6 Å². The predicted octanol–water partition coefficient (Wildman–Crippen LogP) is 1.76. The Kier molecular flexibility index (Phi) is 3.82. The lowest BCUT2D eigenvalue weighted by Gasteiger charge is -2.22. The molecule has 0 aromatic rings. The van der Waals surface area contributed by atoms with E-state index in [9.17, 15) is 0 Å². The minimum atomic E-state index is 0.864. The van der Waals surface area contributed by atoms with Gasteiger partial charge in [-0.3, -0.25) is 0 Å². The van der Waals surface area contributed by atoms with Gasteiger partial charge in [0.15, 0.2) is 0 Å². The lowest BCUT2D eigenvalue weighted by Crippen LogP contribution is -2.28. The molecule has 0 aromatic heterocycles. The molecule has 1 heterocycles. The first-order chi connectivity index (χ1) is 6.86. The fourth-order valence-corrected chi connectivity index (χ4v) is 2.46. The molecule has 0 aromatic carbocycles. The largest absolute Gasteiger partial charge is 0.317 e. The summed E-state index contributed by atoms with van der Waals surface area (Å²) in [6.45, 7) is 6.08. The molecule has 1 saturated carbocycles. The standard InChI is InChI=1S/C12H24N2/c1-10-9-12(10)14-6-2-3-11-4-7-13-8-5-11/h10-14H,2-9H2,1H3. The van der Waals surface area contributed by atoms with Crippen LogP contribution in [0.2, 0.25) is 0 Å². The summed E-state index contributed by atoms with van der Waals surface area (Å²) >= 11 is 0. The van der Waals surface area contributed by atoms with Gasteiger partial charge in [0, 0.05) is 6.04 Å². The molecule has 2 nitrogen and oxygen atoms in total. The Morgan fingerprint density at radius 3 is 2.64 bits per heavy atom.